The van der Waals surface area contributed by atoms with Gasteiger partial charge < -0.3 is 0 Å². The first-order valence-electron chi connectivity index (χ1n) is 5.67. The summed E-state index contributed by atoms with van der Waals surface area (Å²) in [5.41, 5.74) is 1.97. The molecular weight excluding hydrogens is 196 g/mol. The van der Waals surface area contributed by atoms with E-state index >= 15 is 0 Å². The van der Waals surface area contributed by atoms with Crippen LogP contribution < -0.4 is 0 Å². The van der Waals surface area contributed by atoms with Gasteiger partial charge in [-0.05, 0) is 36.8 Å². The lowest BCUT2D eigenvalue weighted by Gasteiger charge is -2.35. The number of allylic oxidation sites excluding steroid dienone is 1. The summed E-state index contributed by atoms with van der Waals surface area (Å²) in [7, 11) is 0. The number of nitriles is 1. The Morgan fingerprint density at radius 3 is 3.00 bits per heavy atom. The second-order valence-corrected chi connectivity index (χ2v) is 4.70. The summed E-state index contributed by atoms with van der Waals surface area (Å²) in [4.78, 5) is 4.12. The summed E-state index contributed by atoms with van der Waals surface area (Å²) in [6.07, 6.45) is 6.26. The quantitative estimate of drug-likeness (QED) is 0.670. The molecule has 16 heavy (non-hydrogen) atoms. The minimum Gasteiger partial charge on any atom is -0.264 e. The molecule has 1 heterocycles. The molecule has 1 saturated carbocycles. The Morgan fingerprint density at radius 2 is 2.44 bits per heavy atom. The first kappa shape index (κ1) is 10.9. The Labute approximate surface area is 96.6 Å². The number of pyridine rings is 1. The van der Waals surface area contributed by atoms with Crippen LogP contribution in [0.15, 0.2) is 36.7 Å². The van der Waals surface area contributed by atoms with Crippen LogP contribution in [0.1, 0.15) is 31.7 Å². The van der Waals surface area contributed by atoms with Crippen molar-refractivity contribution in [3.63, 3.8) is 0 Å². The summed E-state index contributed by atoms with van der Waals surface area (Å²) in [5, 5.41) is 9.49. The van der Waals surface area contributed by atoms with Crippen LogP contribution >= 0.6 is 0 Å². The lowest BCUT2D eigenvalue weighted by Crippen LogP contribution is -2.31. The maximum Gasteiger partial charge on any atom is 0.0845 e. The molecule has 1 aliphatic rings. The first-order chi connectivity index (χ1) is 7.68. The molecule has 1 aromatic rings. The Kier molecular flexibility index (Phi) is 2.78. The van der Waals surface area contributed by atoms with Gasteiger partial charge in [-0.25, -0.2) is 0 Å². The molecule has 0 radical (unpaired) electrons. The molecule has 2 rings (SSSR count). The van der Waals surface area contributed by atoms with Gasteiger partial charge in [0.1, 0.15) is 0 Å². The zero-order chi connectivity index (χ0) is 11.6. The van der Waals surface area contributed by atoms with Gasteiger partial charge in [0.15, 0.2) is 0 Å². The molecule has 0 bridgehead atoms. The van der Waals surface area contributed by atoms with Crippen molar-refractivity contribution in [3.05, 3.63) is 42.2 Å². The Balaban J connectivity index is 2.35. The molecule has 82 valence electrons. The van der Waals surface area contributed by atoms with Gasteiger partial charge in [0.2, 0.25) is 0 Å². The Bertz CT molecular complexity index is 430. The highest BCUT2D eigenvalue weighted by molar-refractivity contribution is 5.33. The Hall–Kier alpha value is -1.62. The second-order valence-electron chi connectivity index (χ2n) is 4.70. The highest BCUT2D eigenvalue weighted by Crippen LogP contribution is 2.42. The van der Waals surface area contributed by atoms with Crippen LogP contribution in [0.2, 0.25) is 0 Å². The van der Waals surface area contributed by atoms with Crippen LogP contribution in [0.4, 0.5) is 0 Å². The zero-order valence-corrected chi connectivity index (χ0v) is 9.61. The van der Waals surface area contributed by atoms with Crippen LogP contribution in [0.5, 0.6) is 0 Å². The van der Waals surface area contributed by atoms with Crippen LogP contribution in [-0.2, 0) is 5.41 Å². The average molecular weight is 212 g/mol. The summed E-state index contributed by atoms with van der Waals surface area (Å²) in [6.45, 7) is 6.22. The van der Waals surface area contributed by atoms with Gasteiger partial charge in [-0.3, -0.25) is 4.98 Å². The molecule has 2 unspecified atom stereocenters. The van der Waals surface area contributed by atoms with Gasteiger partial charge >= 0.3 is 0 Å². The molecule has 2 heteroatoms. The third kappa shape index (κ3) is 1.74. The molecule has 0 aromatic carbocycles. The van der Waals surface area contributed by atoms with Crippen molar-refractivity contribution in [3.8, 4) is 6.07 Å². The number of hydrogen-bond acceptors (Lipinski definition) is 2. The number of nitrogens with zero attached hydrogens (tertiary/aromatic N) is 2. The van der Waals surface area contributed by atoms with E-state index in [2.05, 4.69) is 24.6 Å². The van der Waals surface area contributed by atoms with Crippen molar-refractivity contribution in [1.29, 1.82) is 5.26 Å². The topological polar surface area (TPSA) is 36.7 Å². The van der Waals surface area contributed by atoms with Crippen LogP contribution in [0.25, 0.3) is 0 Å². The van der Waals surface area contributed by atoms with Gasteiger partial charge in [0.25, 0.3) is 0 Å². The molecule has 0 saturated heterocycles. The van der Waals surface area contributed by atoms with Crippen molar-refractivity contribution in [2.45, 2.75) is 31.6 Å². The molecule has 0 N–H and O–H groups in total. The minimum atomic E-state index is -0.352. The predicted molar refractivity (Wildman–Crippen MR) is 63.7 cm³/mol. The van der Waals surface area contributed by atoms with E-state index in [-0.39, 0.29) is 5.41 Å². The summed E-state index contributed by atoms with van der Waals surface area (Å²) >= 11 is 0. The van der Waals surface area contributed by atoms with E-state index in [4.69, 9.17) is 0 Å². The third-order valence-electron chi connectivity index (χ3n) is 3.65. The highest BCUT2D eigenvalue weighted by atomic mass is 14.6. The third-order valence-corrected chi connectivity index (χ3v) is 3.65. The van der Waals surface area contributed by atoms with E-state index in [1.165, 1.54) is 5.57 Å². The monoisotopic (exact) mass is 212 g/mol. The molecule has 0 spiro atoms. The molecule has 1 aromatic heterocycles. The number of aromatic nitrogens is 1. The van der Waals surface area contributed by atoms with Gasteiger partial charge in [-0.2, -0.15) is 5.26 Å². The molecule has 1 aliphatic carbocycles. The fourth-order valence-electron chi connectivity index (χ4n) is 2.46. The molecule has 0 amide bonds. The largest absolute Gasteiger partial charge is 0.264 e. The second kappa shape index (κ2) is 4.09. The van der Waals surface area contributed by atoms with Crippen molar-refractivity contribution in [2.75, 3.05) is 0 Å². The van der Waals surface area contributed by atoms with Crippen molar-refractivity contribution < 1.29 is 0 Å². The highest BCUT2D eigenvalue weighted by Gasteiger charge is 2.38. The van der Waals surface area contributed by atoms with Crippen LogP contribution in [0.3, 0.4) is 0 Å². The van der Waals surface area contributed by atoms with Crippen molar-refractivity contribution in [1.82, 2.24) is 4.98 Å². The zero-order valence-electron chi connectivity index (χ0n) is 9.61. The smallest absolute Gasteiger partial charge is 0.0845 e. The van der Waals surface area contributed by atoms with E-state index in [1.807, 2.05) is 18.3 Å². The minimum absolute atomic E-state index is 0.352. The summed E-state index contributed by atoms with van der Waals surface area (Å²) < 4.78 is 0. The van der Waals surface area contributed by atoms with E-state index in [1.54, 1.807) is 6.20 Å². The van der Waals surface area contributed by atoms with E-state index in [9.17, 15) is 5.26 Å². The standard InChI is InChI=1S/C14H16N2/c1-11-5-6-14(10-15,8-12(11)2)13-4-3-7-16-9-13/h3-4,7,9,12H,1,5-6,8H2,2H3. The normalized spacial score (nSPS) is 29.8. The van der Waals surface area contributed by atoms with Gasteiger partial charge in [0.05, 0.1) is 11.5 Å². The van der Waals surface area contributed by atoms with Gasteiger partial charge in [0, 0.05) is 12.4 Å². The van der Waals surface area contributed by atoms with E-state index in [0.717, 1.165) is 24.8 Å². The maximum atomic E-state index is 9.49. The molecule has 1 fully saturated rings. The van der Waals surface area contributed by atoms with Crippen LogP contribution in [0, 0.1) is 17.2 Å². The first-order valence-corrected chi connectivity index (χ1v) is 5.67. The fourth-order valence-corrected chi connectivity index (χ4v) is 2.46. The number of rotatable bonds is 1. The van der Waals surface area contributed by atoms with Gasteiger partial charge in [-0.15, -0.1) is 0 Å². The Morgan fingerprint density at radius 1 is 1.62 bits per heavy atom. The van der Waals surface area contributed by atoms with Crippen molar-refractivity contribution in [2.24, 2.45) is 5.92 Å². The molecular formula is C14H16N2. The molecule has 0 aliphatic heterocycles. The average Bonchev–Trinajstić information content (AvgIpc) is 2.34. The lowest BCUT2D eigenvalue weighted by molar-refractivity contribution is 0.353. The summed E-state index contributed by atoms with van der Waals surface area (Å²) in [6, 6.07) is 6.42. The van der Waals surface area contributed by atoms with E-state index < -0.39 is 0 Å². The summed E-state index contributed by atoms with van der Waals surface area (Å²) in [5.74, 6) is 0.425. The van der Waals surface area contributed by atoms with Crippen molar-refractivity contribution >= 4 is 0 Å². The van der Waals surface area contributed by atoms with E-state index in [0.29, 0.717) is 5.92 Å². The molecule has 2 nitrogen and oxygen atoms in total. The predicted octanol–water partition coefficient (Wildman–Crippen LogP) is 3.22. The maximum absolute atomic E-state index is 9.49. The SMILES string of the molecule is C=C1CCC(C#N)(c2cccnc2)CC1C. The van der Waals surface area contributed by atoms with Crippen LogP contribution in [-0.4, -0.2) is 4.98 Å². The molecule has 2 atom stereocenters. The fraction of sp³-hybridized carbons (Fsp3) is 0.429. The van der Waals surface area contributed by atoms with Gasteiger partial charge in [-0.1, -0.05) is 25.1 Å². The lowest BCUT2D eigenvalue weighted by atomic mass is 9.66. The number of hydrogen-bond donors (Lipinski definition) is 0.